The van der Waals surface area contributed by atoms with E-state index in [0.29, 0.717) is 0 Å². The monoisotopic (exact) mass is 244 g/mol. The van der Waals surface area contributed by atoms with Gasteiger partial charge in [-0.05, 0) is 12.1 Å². The molecule has 0 unspecified atom stereocenters. The fraction of sp³-hybridized carbons (Fsp3) is 0.200. The van der Waals surface area contributed by atoms with E-state index in [0.717, 1.165) is 16.7 Å². The van der Waals surface area contributed by atoms with Gasteiger partial charge in [-0.3, -0.25) is 9.36 Å². The quantitative estimate of drug-likeness (QED) is 0.758. The minimum atomic E-state index is -4.62. The zero-order valence-electron chi connectivity index (χ0n) is 8.63. The molecule has 0 spiro atoms. The van der Waals surface area contributed by atoms with Gasteiger partial charge in [0.2, 0.25) is 0 Å². The average molecular weight is 244 g/mol. The van der Waals surface area contributed by atoms with Crippen molar-refractivity contribution in [3.63, 3.8) is 0 Å². The molecule has 2 rings (SSSR count). The van der Waals surface area contributed by atoms with Crippen LogP contribution in [0, 0.1) is 0 Å². The SMILES string of the molecule is Cn1c(=O)[nH]c2c(C(F)(F)F)cccc2c1=O. The lowest BCUT2D eigenvalue weighted by Crippen LogP contribution is -2.33. The molecule has 0 amide bonds. The number of alkyl halides is 3. The van der Waals surface area contributed by atoms with Crippen LogP contribution in [0.15, 0.2) is 27.8 Å². The van der Waals surface area contributed by atoms with Crippen LogP contribution in [-0.4, -0.2) is 9.55 Å². The summed E-state index contributed by atoms with van der Waals surface area (Å²) in [5.41, 5.74) is -3.13. The maximum atomic E-state index is 12.7. The van der Waals surface area contributed by atoms with Crippen molar-refractivity contribution in [2.75, 3.05) is 0 Å². The number of para-hydroxylation sites is 1. The van der Waals surface area contributed by atoms with Crippen LogP contribution in [0.5, 0.6) is 0 Å². The number of nitrogens with zero attached hydrogens (tertiary/aromatic N) is 1. The van der Waals surface area contributed by atoms with Gasteiger partial charge in [0.15, 0.2) is 0 Å². The summed E-state index contributed by atoms with van der Waals surface area (Å²) in [7, 11) is 1.20. The van der Waals surface area contributed by atoms with Crippen molar-refractivity contribution in [3.05, 3.63) is 44.6 Å². The van der Waals surface area contributed by atoms with Crippen LogP contribution in [0.2, 0.25) is 0 Å². The van der Waals surface area contributed by atoms with Crippen LogP contribution in [0.3, 0.4) is 0 Å². The van der Waals surface area contributed by atoms with Crippen LogP contribution in [0.1, 0.15) is 5.56 Å². The molecule has 90 valence electrons. The largest absolute Gasteiger partial charge is 0.418 e. The van der Waals surface area contributed by atoms with Crippen molar-refractivity contribution in [1.29, 1.82) is 0 Å². The first-order chi connectivity index (χ1) is 7.82. The van der Waals surface area contributed by atoms with Crippen molar-refractivity contribution in [2.24, 2.45) is 7.05 Å². The molecule has 0 radical (unpaired) electrons. The van der Waals surface area contributed by atoms with E-state index in [2.05, 4.69) is 4.98 Å². The van der Waals surface area contributed by atoms with E-state index < -0.39 is 28.5 Å². The van der Waals surface area contributed by atoms with E-state index in [-0.39, 0.29) is 5.39 Å². The third-order valence-corrected chi connectivity index (χ3v) is 2.44. The molecule has 1 heterocycles. The van der Waals surface area contributed by atoms with Gasteiger partial charge in [0, 0.05) is 7.05 Å². The molecule has 0 aliphatic heterocycles. The Bertz CT molecular complexity index is 697. The number of H-pyrrole nitrogens is 1. The van der Waals surface area contributed by atoms with Gasteiger partial charge in [-0.15, -0.1) is 0 Å². The molecule has 7 heteroatoms. The standard InChI is InChI=1S/C10H7F3N2O2/c1-15-8(16)5-3-2-4-6(10(11,12)13)7(5)14-9(15)17/h2-4H,1H3,(H,14,17). The lowest BCUT2D eigenvalue weighted by molar-refractivity contribution is -0.136. The van der Waals surface area contributed by atoms with E-state index in [1.54, 1.807) is 0 Å². The van der Waals surface area contributed by atoms with Crippen LogP contribution in [0.4, 0.5) is 13.2 Å². The Kier molecular flexibility index (Phi) is 2.34. The first-order valence-electron chi connectivity index (χ1n) is 4.61. The summed E-state index contributed by atoms with van der Waals surface area (Å²) in [5.74, 6) is 0. The molecule has 1 aromatic carbocycles. The Hall–Kier alpha value is -2.05. The summed E-state index contributed by atoms with van der Waals surface area (Å²) in [5, 5.41) is -0.165. The van der Waals surface area contributed by atoms with E-state index in [4.69, 9.17) is 0 Å². The molecular weight excluding hydrogens is 237 g/mol. The van der Waals surface area contributed by atoms with Gasteiger partial charge in [-0.1, -0.05) is 6.07 Å². The highest BCUT2D eigenvalue weighted by Gasteiger charge is 2.33. The summed E-state index contributed by atoms with van der Waals surface area (Å²) in [6.07, 6.45) is -4.62. The summed E-state index contributed by atoms with van der Waals surface area (Å²) in [6.45, 7) is 0. The van der Waals surface area contributed by atoms with Crippen LogP contribution in [0.25, 0.3) is 10.9 Å². The van der Waals surface area contributed by atoms with Crippen molar-refractivity contribution in [1.82, 2.24) is 9.55 Å². The van der Waals surface area contributed by atoms with Crippen molar-refractivity contribution < 1.29 is 13.2 Å². The lowest BCUT2D eigenvalue weighted by atomic mass is 10.1. The van der Waals surface area contributed by atoms with E-state index in [1.165, 1.54) is 13.1 Å². The highest BCUT2D eigenvalue weighted by Crippen LogP contribution is 2.32. The fourth-order valence-electron chi connectivity index (χ4n) is 1.57. The van der Waals surface area contributed by atoms with Gasteiger partial charge in [-0.25, -0.2) is 4.79 Å². The maximum Gasteiger partial charge on any atom is 0.418 e. The Morgan fingerprint density at radius 2 is 1.88 bits per heavy atom. The van der Waals surface area contributed by atoms with Crippen molar-refractivity contribution >= 4 is 10.9 Å². The zero-order chi connectivity index (χ0) is 12.8. The van der Waals surface area contributed by atoms with E-state index in [9.17, 15) is 22.8 Å². The fourth-order valence-corrected chi connectivity index (χ4v) is 1.57. The topological polar surface area (TPSA) is 54.9 Å². The van der Waals surface area contributed by atoms with Gasteiger partial charge >= 0.3 is 11.9 Å². The molecule has 0 saturated heterocycles. The molecule has 2 aromatic rings. The van der Waals surface area contributed by atoms with Gasteiger partial charge in [0.05, 0.1) is 16.5 Å². The zero-order valence-corrected chi connectivity index (χ0v) is 8.63. The summed E-state index contributed by atoms with van der Waals surface area (Å²) in [6, 6.07) is 3.19. The van der Waals surface area contributed by atoms with Gasteiger partial charge in [0.25, 0.3) is 5.56 Å². The normalized spacial score (nSPS) is 12.0. The maximum absolute atomic E-state index is 12.7. The summed E-state index contributed by atoms with van der Waals surface area (Å²) in [4.78, 5) is 24.9. The van der Waals surface area contributed by atoms with E-state index >= 15 is 0 Å². The lowest BCUT2D eigenvalue weighted by Gasteiger charge is -2.09. The Morgan fingerprint density at radius 1 is 1.24 bits per heavy atom. The number of rotatable bonds is 0. The number of benzene rings is 1. The number of aromatic amines is 1. The summed E-state index contributed by atoms with van der Waals surface area (Å²) >= 11 is 0. The van der Waals surface area contributed by atoms with Gasteiger partial charge in [-0.2, -0.15) is 13.2 Å². The van der Waals surface area contributed by atoms with E-state index in [1.807, 2.05) is 0 Å². The van der Waals surface area contributed by atoms with Crippen LogP contribution in [-0.2, 0) is 13.2 Å². The molecule has 1 aromatic heterocycles. The first-order valence-corrected chi connectivity index (χ1v) is 4.61. The highest BCUT2D eigenvalue weighted by molar-refractivity contribution is 5.81. The molecule has 0 aliphatic rings. The second-order valence-corrected chi connectivity index (χ2v) is 3.52. The van der Waals surface area contributed by atoms with Crippen molar-refractivity contribution in [3.8, 4) is 0 Å². The number of fused-ring (bicyclic) bond motifs is 1. The molecule has 17 heavy (non-hydrogen) atoms. The highest BCUT2D eigenvalue weighted by atomic mass is 19.4. The second-order valence-electron chi connectivity index (χ2n) is 3.52. The Labute approximate surface area is 92.3 Å². The molecule has 0 bridgehead atoms. The van der Waals surface area contributed by atoms with Crippen LogP contribution >= 0.6 is 0 Å². The number of hydrogen-bond acceptors (Lipinski definition) is 2. The smallest absolute Gasteiger partial charge is 0.306 e. The molecule has 0 aliphatic carbocycles. The predicted molar refractivity (Wildman–Crippen MR) is 54.8 cm³/mol. The first kappa shape index (κ1) is 11.4. The molecular formula is C10H7F3N2O2. The third kappa shape index (κ3) is 1.73. The average Bonchev–Trinajstić information content (AvgIpc) is 2.24. The number of aromatic nitrogens is 2. The van der Waals surface area contributed by atoms with Crippen molar-refractivity contribution in [2.45, 2.75) is 6.18 Å². The Balaban J connectivity index is 3.02. The number of halogens is 3. The third-order valence-electron chi connectivity index (χ3n) is 2.44. The Morgan fingerprint density at radius 3 is 2.47 bits per heavy atom. The molecule has 0 fully saturated rings. The molecule has 1 N–H and O–H groups in total. The number of hydrogen-bond donors (Lipinski definition) is 1. The second kappa shape index (κ2) is 3.47. The predicted octanol–water partition coefficient (Wildman–Crippen LogP) is 1.25. The molecule has 4 nitrogen and oxygen atoms in total. The minimum Gasteiger partial charge on any atom is -0.306 e. The van der Waals surface area contributed by atoms with Crippen LogP contribution < -0.4 is 11.2 Å². The molecule has 0 saturated carbocycles. The number of nitrogens with one attached hydrogen (secondary N) is 1. The van der Waals surface area contributed by atoms with Gasteiger partial charge in [0.1, 0.15) is 0 Å². The van der Waals surface area contributed by atoms with Gasteiger partial charge < -0.3 is 4.98 Å². The summed E-state index contributed by atoms with van der Waals surface area (Å²) < 4.78 is 38.7. The minimum absolute atomic E-state index is 0.165. The molecule has 0 atom stereocenters.